The number of nitrogens with one attached hydrogen (secondary N) is 1. The lowest BCUT2D eigenvalue weighted by Crippen LogP contribution is -2.18. The first kappa shape index (κ1) is 16.7. The summed E-state index contributed by atoms with van der Waals surface area (Å²) in [5.41, 5.74) is 2.12. The van der Waals surface area contributed by atoms with E-state index in [1.807, 2.05) is 38.1 Å². The second kappa shape index (κ2) is 6.87. The number of hydrogen-bond donors (Lipinski definition) is 2. The standard InChI is InChI=1S/C18H22N6O2/c1-11(2)26-15-7-4-13(5-8-15)24-17-16(22-23-24)10-19-18(21-17)20-12-3-6-14(25)9-12/h4-5,7-8,10-12,14,25H,3,6,9H2,1-2H3,(H,19,20,21). The molecule has 1 saturated carbocycles. The number of nitrogens with zero attached hydrogens (tertiary/aromatic N) is 5. The van der Waals surface area contributed by atoms with Crippen LogP contribution in [-0.2, 0) is 0 Å². The average molecular weight is 354 g/mol. The van der Waals surface area contributed by atoms with Gasteiger partial charge in [0.15, 0.2) is 11.2 Å². The molecule has 1 fully saturated rings. The lowest BCUT2D eigenvalue weighted by molar-refractivity contribution is 0.182. The van der Waals surface area contributed by atoms with E-state index >= 15 is 0 Å². The van der Waals surface area contributed by atoms with Gasteiger partial charge in [0.1, 0.15) is 5.75 Å². The van der Waals surface area contributed by atoms with Gasteiger partial charge in [-0.05, 0) is 57.4 Å². The number of rotatable bonds is 5. The molecular formula is C18H22N6O2. The van der Waals surface area contributed by atoms with Gasteiger partial charge in [0.2, 0.25) is 5.95 Å². The fourth-order valence-corrected chi connectivity index (χ4v) is 3.18. The number of aliphatic hydroxyl groups excluding tert-OH is 1. The van der Waals surface area contributed by atoms with Crippen molar-refractivity contribution in [1.82, 2.24) is 25.0 Å². The van der Waals surface area contributed by atoms with Crippen molar-refractivity contribution in [3.05, 3.63) is 30.5 Å². The maximum atomic E-state index is 9.67. The first-order valence-corrected chi connectivity index (χ1v) is 8.88. The van der Waals surface area contributed by atoms with Gasteiger partial charge in [0.25, 0.3) is 0 Å². The van der Waals surface area contributed by atoms with E-state index in [1.54, 1.807) is 10.9 Å². The molecule has 0 spiro atoms. The van der Waals surface area contributed by atoms with E-state index in [1.165, 1.54) is 0 Å². The Morgan fingerprint density at radius 1 is 1.23 bits per heavy atom. The first-order chi connectivity index (χ1) is 12.6. The minimum Gasteiger partial charge on any atom is -0.491 e. The van der Waals surface area contributed by atoms with E-state index in [0.29, 0.717) is 17.1 Å². The van der Waals surface area contributed by atoms with Crippen molar-refractivity contribution in [2.75, 3.05) is 5.32 Å². The number of aromatic nitrogens is 5. The van der Waals surface area contributed by atoms with Gasteiger partial charge >= 0.3 is 0 Å². The molecule has 1 aromatic carbocycles. The Bertz CT molecular complexity index is 892. The van der Waals surface area contributed by atoms with Crippen molar-refractivity contribution in [3.8, 4) is 11.4 Å². The van der Waals surface area contributed by atoms with Gasteiger partial charge in [-0.2, -0.15) is 9.67 Å². The summed E-state index contributed by atoms with van der Waals surface area (Å²) in [6.45, 7) is 3.99. The molecule has 2 atom stereocenters. The second-order valence-corrected chi connectivity index (χ2v) is 6.87. The molecule has 1 aliphatic rings. The molecule has 26 heavy (non-hydrogen) atoms. The van der Waals surface area contributed by atoms with Crippen LogP contribution >= 0.6 is 0 Å². The van der Waals surface area contributed by atoms with E-state index in [9.17, 15) is 5.11 Å². The van der Waals surface area contributed by atoms with Crippen LogP contribution in [0.1, 0.15) is 33.1 Å². The molecule has 0 saturated heterocycles. The topological polar surface area (TPSA) is 98.0 Å². The van der Waals surface area contributed by atoms with Gasteiger partial charge in [-0.3, -0.25) is 0 Å². The van der Waals surface area contributed by atoms with Gasteiger partial charge < -0.3 is 15.2 Å². The van der Waals surface area contributed by atoms with Gasteiger partial charge in [-0.1, -0.05) is 5.21 Å². The first-order valence-electron chi connectivity index (χ1n) is 8.88. The van der Waals surface area contributed by atoms with Crippen molar-refractivity contribution in [3.63, 3.8) is 0 Å². The lowest BCUT2D eigenvalue weighted by atomic mass is 10.2. The summed E-state index contributed by atoms with van der Waals surface area (Å²) in [6.07, 6.45) is 3.99. The predicted molar refractivity (Wildman–Crippen MR) is 97.5 cm³/mol. The zero-order valence-electron chi connectivity index (χ0n) is 14.8. The summed E-state index contributed by atoms with van der Waals surface area (Å²) in [5, 5.41) is 21.3. The maximum Gasteiger partial charge on any atom is 0.225 e. The Morgan fingerprint density at radius 2 is 2.04 bits per heavy atom. The monoisotopic (exact) mass is 354 g/mol. The minimum atomic E-state index is -0.241. The van der Waals surface area contributed by atoms with Gasteiger partial charge in [-0.25, -0.2) is 4.98 Å². The Morgan fingerprint density at radius 3 is 2.73 bits per heavy atom. The highest BCUT2D eigenvalue weighted by atomic mass is 16.5. The van der Waals surface area contributed by atoms with E-state index < -0.39 is 0 Å². The molecule has 2 unspecified atom stereocenters. The van der Waals surface area contributed by atoms with E-state index in [4.69, 9.17) is 4.74 Å². The molecule has 136 valence electrons. The fraction of sp³-hybridized carbons (Fsp3) is 0.444. The highest BCUT2D eigenvalue weighted by Gasteiger charge is 2.23. The van der Waals surface area contributed by atoms with Crippen LogP contribution in [0.4, 0.5) is 5.95 Å². The Kier molecular flexibility index (Phi) is 4.42. The predicted octanol–water partition coefficient (Wildman–Crippen LogP) is 2.32. The second-order valence-electron chi connectivity index (χ2n) is 6.87. The van der Waals surface area contributed by atoms with Crippen LogP contribution in [-0.4, -0.2) is 48.3 Å². The highest BCUT2D eigenvalue weighted by Crippen LogP contribution is 2.23. The summed E-state index contributed by atoms with van der Waals surface area (Å²) in [5.74, 6) is 1.34. The molecule has 0 bridgehead atoms. The molecule has 0 aliphatic heterocycles. The van der Waals surface area contributed by atoms with Crippen LogP contribution in [0.5, 0.6) is 5.75 Å². The van der Waals surface area contributed by atoms with Crippen LogP contribution < -0.4 is 10.1 Å². The van der Waals surface area contributed by atoms with Gasteiger partial charge in [0.05, 0.1) is 24.1 Å². The van der Waals surface area contributed by atoms with Gasteiger partial charge in [0, 0.05) is 6.04 Å². The average Bonchev–Trinajstić information content (AvgIpc) is 3.21. The fourth-order valence-electron chi connectivity index (χ4n) is 3.18. The Balaban J connectivity index is 1.60. The smallest absolute Gasteiger partial charge is 0.225 e. The molecule has 0 amide bonds. The quantitative estimate of drug-likeness (QED) is 0.725. The number of anilines is 1. The van der Waals surface area contributed by atoms with Crippen LogP contribution in [0, 0.1) is 0 Å². The minimum absolute atomic E-state index is 0.128. The molecule has 2 aromatic heterocycles. The number of hydrogen-bond acceptors (Lipinski definition) is 7. The molecule has 8 nitrogen and oxygen atoms in total. The molecule has 2 N–H and O–H groups in total. The SMILES string of the molecule is CC(C)Oc1ccc(-n2nnc3cnc(NC4CCC(O)C4)nc32)cc1. The third-order valence-electron chi connectivity index (χ3n) is 4.38. The number of ether oxygens (including phenoxy) is 1. The molecule has 2 heterocycles. The summed E-state index contributed by atoms with van der Waals surface area (Å²) < 4.78 is 7.36. The number of benzene rings is 1. The third-order valence-corrected chi connectivity index (χ3v) is 4.38. The zero-order chi connectivity index (χ0) is 18.1. The number of fused-ring (bicyclic) bond motifs is 1. The summed E-state index contributed by atoms with van der Waals surface area (Å²) in [7, 11) is 0. The van der Waals surface area contributed by atoms with Crippen molar-refractivity contribution in [2.24, 2.45) is 0 Å². The summed E-state index contributed by atoms with van der Waals surface area (Å²) in [4.78, 5) is 8.88. The lowest BCUT2D eigenvalue weighted by Gasteiger charge is -2.12. The molecule has 8 heteroatoms. The van der Waals surface area contributed by atoms with Crippen LogP contribution in [0.2, 0.25) is 0 Å². The van der Waals surface area contributed by atoms with Crippen molar-refractivity contribution in [1.29, 1.82) is 0 Å². The summed E-state index contributed by atoms with van der Waals surface area (Å²) in [6, 6.07) is 7.86. The van der Waals surface area contributed by atoms with E-state index in [2.05, 4.69) is 25.6 Å². The molecule has 1 aliphatic carbocycles. The van der Waals surface area contributed by atoms with Crippen molar-refractivity contribution in [2.45, 2.75) is 51.4 Å². The third kappa shape index (κ3) is 3.45. The summed E-state index contributed by atoms with van der Waals surface area (Å²) >= 11 is 0. The molecule has 0 radical (unpaired) electrons. The molecular weight excluding hydrogens is 332 g/mol. The maximum absolute atomic E-state index is 9.67. The Hall–Kier alpha value is -2.74. The highest BCUT2D eigenvalue weighted by molar-refractivity contribution is 5.72. The zero-order valence-corrected chi connectivity index (χ0v) is 14.8. The van der Waals surface area contributed by atoms with Crippen LogP contribution in [0.3, 0.4) is 0 Å². The normalized spacial score (nSPS) is 20.0. The van der Waals surface area contributed by atoms with Crippen molar-refractivity contribution < 1.29 is 9.84 Å². The van der Waals surface area contributed by atoms with Crippen LogP contribution in [0.15, 0.2) is 30.5 Å². The Labute approximate surface area is 151 Å². The largest absolute Gasteiger partial charge is 0.491 e. The van der Waals surface area contributed by atoms with E-state index in [-0.39, 0.29) is 18.2 Å². The van der Waals surface area contributed by atoms with E-state index in [0.717, 1.165) is 30.7 Å². The molecule has 4 rings (SSSR count). The molecule has 3 aromatic rings. The van der Waals surface area contributed by atoms with Crippen molar-refractivity contribution >= 4 is 17.1 Å². The van der Waals surface area contributed by atoms with Gasteiger partial charge in [-0.15, -0.1) is 5.10 Å². The number of aliphatic hydroxyl groups is 1. The van der Waals surface area contributed by atoms with Crippen LogP contribution in [0.25, 0.3) is 16.9 Å².